The molecular weight excluding hydrogens is 560 g/mol. The quantitative estimate of drug-likeness (QED) is 0.178. The molecule has 0 amide bonds. The number of halogens is 2. The van der Waals surface area contributed by atoms with Crippen LogP contribution in [0.1, 0.15) is 56.3 Å². The molecule has 2 aliphatic rings. The van der Waals surface area contributed by atoms with Crippen LogP contribution in [0.15, 0.2) is 84.8 Å². The van der Waals surface area contributed by atoms with Gasteiger partial charge in [0, 0.05) is 29.5 Å². The minimum absolute atomic E-state index is 0.0985. The largest absolute Gasteiger partial charge is 0.378 e. The van der Waals surface area contributed by atoms with Crippen LogP contribution in [0.25, 0.3) is 10.9 Å². The van der Waals surface area contributed by atoms with E-state index in [0.29, 0.717) is 27.8 Å². The highest BCUT2D eigenvalue weighted by Gasteiger charge is 2.38. The van der Waals surface area contributed by atoms with Gasteiger partial charge in [-0.3, -0.25) is 9.99 Å². The number of aromatic nitrogens is 1. The van der Waals surface area contributed by atoms with E-state index in [9.17, 15) is 9.65 Å². The Morgan fingerprint density at radius 2 is 1.84 bits per heavy atom. The molecule has 2 atom stereocenters. The molecule has 6 rings (SSSR count). The van der Waals surface area contributed by atoms with Gasteiger partial charge in [-0.2, -0.15) is 5.26 Å². The van der Waals surface area contributed by atoms with Crippen molar-refractivity contribution in [2.75, 3.05) is 10.6 Å². The van der Waals surface area contributed by atoms with Gasteiger partial charge in [0.25, 0.3) is 0 Å². The lowest BCUT2D eigenvalue weighted by molar-refractivity contribution is 0.260. The van der Waals surface area contributed by atoms with Gasteiger partial charge in [0.15, 0.2) is 0 Å². The maximum absolute atomic E-state index is 14.0. The molecule has 1 aliphatic carbocycles. The molecule has 7 nitrogen and oxygen atoms in total. The predicted molar refractivity (Wildman–Crippen MR) is 173 cm³/mol. The summed E-state index contributed by atoms with van der Waals surface area (Å²) in [6.45, 7) is 6.51. The second kappa shape index (κ2) is 11.1. The molecule has 0 saturated heterocycles. The highest BCUT2D eigenvalue weighted by atomic mass is 35.5. The molecule has 2 unspecified atom stereocenters. The van der Waals surface area contributed by atoms with Gasteiger partial charge in [-0.1, -0.05) is 74.8 Å². The number of pyridine rings is 1. The molecule has 1 aliphatic heterocycles. The van der Waals surface area contributed by atoms with Crippen LogP contribution >= 0.6 is 11.6 Å². The van der Waals surface area contributed by atoms with Crippen LogP contribution in [0, 0.1) is 22.6 Å². The van der Waals surface area contributed by atoms with Crippen LogP contribution in [0.2, 0.25) is 5.02 Å². The summed E-state index contributed by atoms with van der Waals surface area (Å²) in [5, 5.41) is 20.8. The van der Waals surface area contributed by atoms with Crippen molar-refractivity contribution in [3.05, 3.63) is 112 Å². The van der Waals surface area contributed by atoms with Crippen LogP contribution in [0.4, 0.5) is 15.8 Å². The topological polar surface area (TPSA) is 88.0 Å². The van der Waals surface area contributed by atoms with Crippen molar-refractivity contribution in [1.29, 1.82) is 5.26 Å². The summed E-state index contributed by atoms with van der Waals surface area (Å²) in [7, 11) is 2.05. The van der Waals surface area contributed by atoms with E-state index in [1.54, 1.807) is 18.3 Å². The standard InChI is InChI=1S/C33H34BClFN7/c1-32(2,3)31(20-7-5-4-6-8-20)39-29-21(17-37)18-38-30-26(29)15-24(16-27(30)35)40-33(34,22-9-11-23(36)12-10-22)28-19-43(42-41-28)25-13-14-25/h4-12,15-16,18-19,25,31,40-42H,13-14,34H2,1-3H3,(H,38,39). The second-order valence-electron chi connectivity index (χ2n) is 12.5. The molecule has 218 valence electrons. The summed E-state index contributed by atoms with van der Waals surface area (Å²) in [4.78, 5) is 4.57. The number of hydrazine groups is 2. The van der Waals surface area contributed by atoms with Crippen molar-refractivity contribution in [3.8, 4) is 6.07 Å². The predicted octanol–water partition coefficient (Wildman–Crippen LogP) is 6.32. The Kier molecular flexibility index (Phi) is 7.45. The van der Waals surface area contributed by atoms with Gasteiger partial charge in [-0.05, 0) is 53.6 Å². The minimum Gasteiger partial charge on any atom is -0.378 e. The monoisotopic (exact) mass is 593 g/mol. The van der Waals surface area contributed by atoms with Crippen molar-refractivity contribution < 1.29 is 4.39 Å². The first kappa shape index (κ1) is 28.8. The summed E-state index contributed by atoms with van der Waals surface area (Å²) in [5.74, 6) is -0.302. The summed E-state index contributed by atoms with van der Waals surface area (Å²) < 4.78 is 14.0. The van der Waals surface area contributed by atoms with E-state index in [4.69, 9.17) is 11.6 Å². The molecule has 0 bridgehead atoms. The molecule has 0 spiro atoms. The van der Waals surface area contributed by atoms with E-state index in [1.807, 2.05) is 38.2 Å². The fraction of sp³-hybridized carbons (Fsp3) is 0.273. The lowest BCUT2D eigenvalue weighted by Gasteiger charge is -2.35. The van der Waals surface area contributed by atoms with E-state index in [0.717, 1.165) is 40.7 Å². The molecule has 2 heterocycles. The Morgan fingerprint density at radius 1 is 1.12 bits per heavy atom. The molecule has 3 aromatic carbocycles. The van der Waals surface area contributed by atoms with Crippen molar-refractivity contribution in [2.45, 2.75) is 51.1 Å². The van der Waals surface area contributed by atoms with E-state index >= 15 is 0 Å². The van der Waals surface area contributed by atoms with Crippen LogP contribution in [0.5, 0.6) is 0 Å². The molecule has 1 aromatic heterocycles. The highest BCUT2D eigenvalue weighted by Crippen LogP contribution is 2.41. The Hall–Kier alpha value is -4.26. The van der Waals surface area contributed by atoms with Crippen molar-refractivity contribution >= 4 is 41.7 Å². The third-order valence-corrected chi connectivity index (χ3v) is 8.50. The average molecular weight is 594 g/mol. The fourth-order valence-electron chi connectivity index (χ4n) is 5.66. The lowest BCUT2D eigenvalue weighted by atomic mass is 9.69. The van der Waals surface area contributed by atoms with Gasteiger partial charge < -0.3 is 16.1 Å². The van der Waals surface area contributed by atoms with Gasteiger partial charge in [0.05, 0.1) is 39.0 Å². The zero-order chi connectivity index (χ0) is 30.4. The third kappa shape index (κ3) is 5.73. The lowest BCUT2D eigenvalue weighted by Crippen LogP contribution is -2.45. The molecule has 4 N–H and O–H groups in total. The number of nitriles is 1. The number of hydrogen-bond donors (Lipinski definition) is 4. The highest BCUT2D eigenvalue weighted by molar-refractivity contribution is 6.36. The number of fused-ring (bicyclic) bond motifs is 1. The molecule has 0 radical (unpaired) electrons. The Bertz CT molecular complexity index is 1730. The van der Waals surface area contributed by atoms with Gasteiger partial charge in [-0.15, -0.1) is 5.53 Å². The zero-order valence-corrected chi connectivity index (χ0v) is 25.4. The maximum atomic E-state index is 14.0. The summed E-state index contributed by atoms with van der Waals surface area (Å²) in [6.07, 6.45) is 5.89. The Morgan fingerprint density at radius 3 is 2.49 bits per heavy atom. The van der Waals surface area contributed by atoms with Crippen molar-refractivity contribution in [3.63, 3.8) is 0 Å². The number of hydrogen-bond acceptors (Lipinski definition) is 7. The van der Waals surface area contributed by atoms with Gasteiger partial charge in [0.1, 0.15) is 19.7 Å². The van der Waals surface area contributed by atoms with Gasteiger partial charge >= 0.3 is 0 Å². The van der Waals surface area contributed by atoms with Gasteiger partial charge in [0.2, 0.25) is 0 Å². The average Bonchev–Trinajstić information content (AvgIpc) is 3.71. The normalized spacial score (nSPS) is 17.0. The van der Waals surface area contributed by atoms with Crippen LogP contribution < -0.4 is 21.6 Å². The van der Waals surface area contributed by atoms with E-state index in [-0.39, 0.29) is 17.3 Å². The van der Waals surface area contributed by atoms with Crippen LogP contribution in [-0.2, 0) is 5.44 Å². The smallest absolute Gasteiger partial charge is 0.148 e. The van der Waals surface area contributed by atoms with Gasteiger partial charge in [-0.25, -0.2) is 4.39 Å². The number of rotatable bonds is 8. The van der Waals surface area contributed by atoms with E-state index < -0.39 is 5.44 Å². The maximum Gasteiger partial charge on any atom is 0.148 e. The van der Waals surface area contributed by atoms with Crippen molar-refractivity contribution in [2.24, 2.45) is 5.41 Å². The molecule has 43 heavy (non-hydrogen) atoms. The number of nitrogens with one attached hydrogen (secondary N) is 4. The number of nitrogens with zero attached hydrogens (tertiary/aromatic N) is 3. The number of benzene rings is 3. The first-order chi connectivity index (χ1) is 20.6. The molecular formula is C33H34BClFN7. The molecule has 10 heteroatoms. The summed E-state index contributed by atoms with van der Waals surface area (Å²) in [6, 6.07) is 23.2. The summed E-state index contributed by atoms with van der Waals surface area (Å²) >= 11 is 6.89. The Balaban J connectivity index is 1.46. The Labute approximate surface area is 257 Å². The summed E-state index contributed by atoms with van der Waals surface area (Å²) in [5.41, 5.74) is 10.9. The second-order valence-corrected chi connectivity index (χ2v) is 12.9. The molecule has 1 saturated carbocycles. The number of anilines is 2. The van der Waals surface area contributed by atoms with Crippen LogP contribution in [0.3, 0.4) is 0 Å². The SMILES string of the molecule is BC(Nc1cc(Cl)c2ncc(C#N)c(NC(c3ccccc3)C(C)(C)C)c2c1)(C1=CN(C2CC2)NN1)c1ccc(F)cc1. The third-order valence-electron chi connectivity index (χ3n) is 8.22. The van der Waals surface area contributed by atoms with Crippen LogP contribution in [-0.4, -0.2) is 23.9 Å². The first-order valence-corrected chi connectivity index (χ1v) is 14.8. The zero-order valence-electron chi connectivity index (χ0n) is 24.7. The minimum atomic E-state index is -0.785. The van der Waals surface area contributed by atoms with Crippen molar-refractivity contribution in [1.82, 2.24) is 21.0 Å². The molecule has 4 aromatic rings. The fourth-order valence-corrected chi connectivity index (χ4v) is 5.93. The van der Waals surface area contributed by atoms with E-state index in [2.05, 4.69) is 76.8 Å². The molecule has 1 fully saturated rings. The first-order valence-electron chi connectivity index (χ1n) is 14.5. The van der Waals surface area contributed by atoms with E-state index in [1.165, 1.54) is 12.1 Å².